The van der Waals surface area contributed by atoms with Crippen LogP contribution in [0.25, 0.3) is 10.6 Å². The molecule has 0 radical (unpaired) electrons. The Morgan fingerprint density at radius 3 is 2.68 bits per heavy atom. The van der Waals surface area contributed by atoms with Crippen LogP contribution in [-0.2, 0) is 16.0 Å². The average Bonchev–Trinajstić information content (AvgIpc) is 2.90. The quantitative estimate of drug-likeness (QED) is 0.911. The SMILES string of the molecule is CC(=O)Nc1ccc(-c2nc3c(s2)CCCC3C(=O)O)cc1. The highest BCUT2D eigenvalue weighted by Crippen LogP contribution is 2.38. The number of nitrogens with one attached hydrogen (secondary N) is 1. The van der Waals surface area contributed by atoms with Gasteiger partial charge in [0.25, 0.3) is 0 Å². The van der Waals surface area contributed by atoms with Crippen LogP contribution >= 0.6 is 11.3 Å². The maximum Gasteiger partial charge on any atom is 0.312 e. The van der Waals surface area contributed by atoms with Gasteiger partial charge in [-0.05, 0) is 43.5 Å². The molecule has 1 unspecified atom stereocenters. The fraction of sp³-hybridized carbons (Fsp3) is 0.312. The fourth-order valence-electron chi connectivity index (χ4n) is 2.68. The van der Waals surface area contributed by atoms with Gasteiger partial charge in [-0.15, -0.1) is 11.3 Å². The van der Waals surface area contributed by atoms with Crippen molar-refractivity contribution in [1.82, 2.24) is 4.98 Å². The molecule has 1 aliphatic carbocycles. The summed E-state index contributed by atoms with van der Waals surface area (Å²) in [6.07, 6.45) is 2.46. The van der Waals surface area contributed by atoms with Crippen molar-refractivity contribution >= 4 is 28.9 Å². The highest BCUT2D eigenvalue weighted by molar-refractivity contribution is 7.15. The molecule has 114 valence electrons. The molecule has 0 spiro atoms. The van der Waals surface area contributed by atoms with Crippen molar-refractivity contribution in [2.75, 3.05) is 5.32 Å². The predicted molar refractivity (Wildman–Crippen MR) is 85.2 cm³/mol. The number of fused-ring (bicyclic) bond motifs is 1. The Hall–Kier alpha value is -2.21. The third kappa shape index (κ3) is 2.87. The lowest BCUT2D eigenvalue weighted by atomic mass is 9.91. The summed E-state index contributed by atoms with van der Waals surface area (Å²) in [6, 6.07) is 7.44. The number of anilines is 1. The Balaban J connectivity index is 1.90. The standard InChI is InChI=1S/C16H16N2O3S/c1-9(19)17-11-7-5-10(6-8-11)15-18-14-12(16(20)21)3-2-4-13(14)22-15/h5-8,12H,2-4H2,1H3,(H,17,19)(H,20,21). The molecule has 1 aromatic carbocycles. The molecule has 1 amide bonds. The number of hydrogen-bond donors (Lipinski definition) is 2. The number of aryl methyl sites for hydroxylation is 1. The minimum atomic E-state index is -0.793. The molecule has 2 aromatic rings. The van der Waals surface area contributed by atoms with E-state index < -0.39 is 11.9 Å². The van der Waals surface area contributed by atoms with E-state index in [9.17, 15) is 14.7 Å². The van der Waals surface area contributed by atoms with Gasteiger partial charge in [-0.3, -0.25) is 9.59 Å². The Bertz CT molecular complexity index is 721. The third-order valence-corrected chi connectivity index (χ3v) is 4.88. The summed E-state index contributed by atoms with van der Waals surface area (Å²) >= 11 is 1.57. The van der Waals surface area contributed by atoms with Crippen LogP contribution in [0.3, 0.4) is 0 Å². The Morgan fingerprint density at radius 1 is 1.32 bits per heavy atom. The second-order valence-electron chi connectivity index (χ2n) is 5.37. The summed E-state index contributed by atoms with van der Waals surface area (Å²) in [7, 11) is 0. The van der Waals surface area contributed by atoms with E-state index in [4.69, 9.17) is 0 Å². The fourth-order valence-corrected chi connectivity index (χ4v) is 3.85. The van der Waals surface area contributed by atoms with Crippen molar-refractivity contribution < 1.29 is 14.7 Å². The van der Waals surface area contributed by atoms with Gasteiger partial charge in [0.2, 0.25) is 5.91 Å². The lowest BCUT2D eigenvalue weighted by molar-refractivity contribution is -0.139. The topological polar surface area (TPSA) is 79.3 Å². The molecule has 0 aliphatic heterocycles. The number of carbonyl (C=O) groups excluding carboxylic acids is 1. The number of aromatic nitrogens is 1. The number of carbonyl (C=O) groups is 2. The molecule has 1 aliphatic rings. The highest BCUT2D eigenvalue weighted by atomic mass is 32.1. The Morgan fingerprint density at radius 2 is 2.05 bits per heavy atom. The van der Waals surface area contributed by atoms with E-state index in [1.165, 1.54) is 6.92 Å². The first-order valence-corrected chi connectivity index (χ1v) is 7.96. The summed E-state index contributed by atoms with van der Waals surface area (Å²) in [5.41, 5.74) is 2.41. The van der Waals surface area contributed by atoms with E-state index in [0.29, 0.717) is 6.42 Å². The first kappa shape index (κ1) is 14.7. The van der Waals surface area contributed by atoms with Crippen molar-refractivity contribution in [1.29, 1.82) is 0 Å². The van der Waals surface area contributed by atoms with Gasteiger partial charge in [0.1, 0.15) is 5.01 Å². The zero-order chi connectivity index (χ0) is 15.7. The molecule has 0 saturated carbocycles. The molecule has 1 atom stereocenters. The average molecular weight is 316 g/mol. The molecule has 6 heteroatoms. The van der Waals surface area contributed by atoms with Gasteiger partial charge in [-0.1, -0.05) is 0 Å². The van der Waals surface area contributed by atoms with Crippen molar-refractivity contribution in [2.24, 2.45) is 0 Å². The zero-order valence-electron chi connectivity index (χ0n) is 12.1. The summed E-state index contributed by atoms with van der Waals surface area (Å²) in [5.74, 6) is -1.38. The normalized spacial score (nSPS) is 16.9. The first-order chi connectivity index (χ1) is 10.5. The molecule has 22 heavy (non-hydrogen) atoms. The number of aliphatic carboxylic acids is 1. The Kier molecular flexibility index (Phi) is 3.94. The number of amides is 1. The number of benzene rings is 1. The summed E-state index contributed by atoms with van der Waals surface area (Å²) < 4.78 is 0. The second-order valence-corrected chi connectivity index (χ2v) is 6.45. The smallest absolute Gasteiger partial charge is 0.312 e. The van der Waals surface area contributed by atoms with E-state index in [2.05, 4.69) is 10.3 Å². The molecule has 0 bridgehead atoms. The van der Waals surface area contributed by atoms with Gasteiger partial charge in [0.15, 0.2) is 0 Å². The minimum Gasteiger partial charge on any atom is -0.481 e. The summed E-state index contributed by atoms with van der Waals surface area (Å²) in [5, 5.41) is 12.9. The van der Waals surface area contributed by atoms with Crippen molar-refractivity contribution in [3.63, 3.8) is 0 Å². The van der Waals surface area contributed by atoms with Crippen LogP contribution in [-0.4, -0.2) is 22.0 Å². The minimum absolute atomic E-state index is 0.109. The first-order valence-electron chi connectivity index (χ1n) is 7.15. The number of rotatable bonds is 3. The summed E-state index contributed by atoms with van der Waals surface area (Å²) in [4.78, 5) is 28.0. The van der Waals surface area contributed by atoms with E-state index in [1.54, 1.807) is 11.3 Å². The second kappa shape index (κ2) is 5.88. The van der Waals surface area contributed by atoms with Gasteiger partial charge in [-0.2, -0.15) is 0 Å². The van der Waals surface area contributed by atoms with Crippen LogP contribution in [0.2, 0.25) is 0 Å². The molecule has 1 heterocycles. The molecule has 5 nitrogen and oxygen atoms in total. The number of thiazole rings is 1. The molecule has 2 N–H and O–H groups in total. The van der Waals surface area contributed by atoms with Crippen molar-refractivity contribution in [3.8, 4) is 10.6 Å². The molecule has 3 rings (SSSR count). The molecular weight excluding hydrogens is 300 g/mol. The van der Waals surface area contributed by atoms with Gasteiger partial charge < -0.3 is 10.4 Å². The van der Waals surface area contributed by atoms with E-state index >= 15 is 0 Å². The van der Waals surface area contributed by atoms with Crippen LogP contribution in [0.5, 0.6) is 0 Å². The maximum absolute atomic E-state index is 11.3. The Labute approximate surface area is 132 Å². The zero-order valence-corrected chi connectivity index (χ0v) is 12.9. The number of hydrogen-bond acceptors (Lipinski definition) is 4. The van der Waals surface area contributed by atoms with Crippen molar-refractivity contribution in [3.05, 3.63) is 34.8 Å². The molecular formula is C16H16N2O3S. The molecule has 1 aromatic heterocycles. The lowest BCUT2D eigenvalue weighted by Gasteiger charge is -2.16. The third-order valence-electron chi connectivity index (χ3n) is 3.70. The van der Waals surface area contributed by atoms with E-state index in [-0.39, 0.29) is 5.91 Å². The highest BCUT2D eigenvalue weighted by Gasteiger charge is 2.30. The predicted octanol–water partition coefficient (Wildman–Crippen LogP) is 3.27. The van der Waals surface area contributed by atoms with Crippen LogP contribution in [0.4, 0.5) is 5.69 Å². The van der Waals surface area contributed by atoms with Crippen LogP contribution in [0, 0.1) is 0 Å². The van der Waals surface area contributed by atoms with E-state index in [0.717, 1.165) is 39.7 Å². The van der Waals surface area contributed by atoms with Gasteiger partial charge in [0, 0.05) is 23.1 Å². The van der Waals surface area contributed by atoms with E-state index in [1.807, 2.05) is 24.3 Å². The van der Waals surface area contributed by atoms with Crippen LogP contribution in [0.1, 0.15) is 36.3 Å². The largest absolute Gasteiger partial charge is 0.481 e. The molecule has 0 saturated heterocycles. The maximum atomic E-state index is 11.3. The van der Waals surface area contributed by atoms with Gasteiger partial charge >= 0.3 is 5.97 Å². The van der Waals surface area contributed by atoms with Gasteiger partial charge in [0.05, 0.1) is 11.6 Å². The number of carboxylic acid groups (broad SMARTS) is 1. The van der Waals surface area contributed by atoms with Gasteiger partial charge in [-0.25, -0.2) is 4.98 Å². The van der Waals surface area contributed by atoms with Crippen LogP contribution < -0.4 is 5.32 Å². The number of nitrogens with zero attached hydrogens (tertiary/aromatic N) is 1. The van der Waals surface area contributed by atoms with Crippen molar-refractivity contribution in [2.45, 2.75) is 32.1 Å². The summed E-state index contributed by atoms with van der Waals surface area (Å²) in [6.45, 7) is 1.47. The van der Waals surface area contributed by atoms with Crippen LogP contribution in [0.15, 0.2) is 24.3 Å². The lowest BCUT2D eigenvalue weighted by Crippen LogP contribution is -2.17. The number of carboxylic acids is 1. The monoisotopic (exact) mass is 316 g/mol. The molecule has 0 fully saturated rings.